The van der Waals surface area contributed by atoms with Gasteiger partial charge in [0.25, 0.3) is 11.8 Å². The number of anilines is 1. The van der Waals surface area contributed by atoms with Crippen LogP contribution in [-0.2, 0) is 4.79 Å². The van der Waals surface area contributed by atoms with E-state index < -0.39 is 0 Å². The molecule has 29 heavy (non-hydrogen) atoms. The topological polar surface area (TPSA) is 90.2 Å². The van der Waals surface area contributed by atoms with Crippen molar-refractivity contribution >= 4 is 23.9 Å². The van der Waals surface area contributed by atoms with Gasteiger partial charge < -0.3 is 24.0 Å². The smallest absolute Gasteiger partial charge is 0.289 e. The molecule has 0 aliphatic carbocycles. The molecule has 0 aromatic carbocycles. The molecule has 2 aliphatic heterocycles. The number of furan rings is 1. The van der Waals surface area contributed by atoms with Gasteiger partial charge in [-0.25, -0.2) is 4.98 Å². The molecule has 2 aromatic rings. The van der Waals surface area contributed by atoms with Gasteiger partial charge in [0.2, 0.25) is 6.41 Å². The summed E-state index contributed by atoms with van der Waals surface area (Å²) in [4.78, 5) is 47.4. The van der Waals surface area contributed by atoms with Crippen LogP contribution in [0.15, 0.2) is 41.1 Å². The van der Waals surface area contributed by atoms with E-state index in [0.717, 1.165) is 12.1 Å². The molecule has 0 spiro atoms. The average Bonchev–Trinajstić information content (AvgIpc) is 3.33. The molecule has 4 rings (SSSR count). The molecule has 3 amide bonds. The fourth-order valence-corrected chi connectivity index (χ4v) is 3.62. The predicted octanol–water partition coefficient (Wildman–Crippen LogP) is 0.551. The molecular weight excluding hydrogens is 374 g/mol. The molecule has 4 heterocycles. The van der Waals surface area contributed by atoms with E-state index in [1.54, 1.807) is 39.1 Å². The number of carbonyl (C=O) groups excluding carboxylic acids is 3. The maximum absolute atomic E-state index is 12.6. The molecule has 9 heteroatoms. The highest BCUT2D eigenvalue weighted by atomic mass is 16.3. The van der Waals surface area contributed by atoms with Gasteiger partial charge in [-0.1, -0.05) is 0 Å². The minimum absolute atomic E-state index is 0.0941. The molecule has 2 aliphatic rings. The highest BCUT2D eigenvalue weighted by Crippen LogP contribution is 2.18. The second-order valence-electron chi connectivity index (χ2n) is 7.09. The first kappa shape index (κ1) is 19.0. The standard InChI is InChI=1S/C20H23N5O4/c26-15-22-5-7-24(8-6-22)19(27)17-4-3-16(14-21-17)23-9-11-25(12-10-23)20(28)18-2-1-13-29-18/h1-4,13-15H,5-12H2. The summed E-state index contributed by atoms with van der Waals surface area (Å²) in [6, 6.07) is 7.02. The molecule has 2 aromatic heterocycles. The van der Waals surface area contributed by atoms with Crippen molar-refractivity contribution in [2.45, 2.75) is 0 Å². The number of piperazine rings is 2. The highest BCUT2D eigenvalue weighted by molar-refractivity contribution is 5.93. The second-order valence-corrected chi connectivity index (χ2v) is 7.09. The highest BCUT2D eigenvalue weighted by Gasteiger charge is 2.25. The van der Waals surface area contributed by atoms with Crippen LogP contribution in [0.3, 0.4) is 0 Å². The van der Waals surface area contributed by atoms with Gasteiger partial charge in [-0.3, -0.25) is 14.4 Å². The number of hydrogen-bond acceptors (Lipinski definition) is 6. The fourth-order valence-electron chi connectivity index (χ4n) is 3.62. The maximum Gasteiger partial charge on any atom is 0.289 e. The van der Waals surface area contributed by atoms with Crippen LogP contribution >= 0.6 is 0 Å². The van der Waals surface area contributed by atoms with Gasteiger partial charge in [0, 0.05) is 52.4 Å². The minimum Gasteiger partial charge on any atom is -0.459 e. The van der Waals surface area contributed by atoms with Crippen molar-refractivity contribution in [2.24, 2.45) is 0 Å². The van der Waals surface area contributed by atoms with Crippen LogP contribution in [-0.4, -0.2) is 90.3 Å². The first-order chi connectivity index (χ1) is 14.2. The molecule has 0 radical (unpaired) electrons. The summed E-state index contributed by atoms with van der Waals surface area (Å²) in [7, 11) is 0. The van der Waals surface area contributed by atoms with Crippen LogP contribution in [0.2, 0.25) is 0 Å². The number of aromatic nitrogens is 1. The third-order valence-electron chi connectivity index (χ3n) is 5.38. The molecule has 0 N–H and O–H groups in total. The Hall–Kier alpha value is -3.36. The van der Waals surface area contributed by atoms with E-state index in [2.05, 4.69) is 9.88 Å². The van der Waals surface area contributed by atoms with Crippen molar-refractivity contribution in [3.05, 3.63) is 48.2 Å². The van der Waals surface area contributed by atoms with Crippen LogP contribution in [0.4, 0.5) is 5.69 Å². The molecule has 0 unspecified atom stereocenters. The Balaban J connectivity index is 1.32. The molecule has 0 atom stereocenters. The van der Waals surface area contributed by atoms with Crippen molar-refractivity contribution in [2.75, 3.05) is 57.3 Å². The Morgan fingerprint density at radius 1 is 0.897 bits per heavy atom. The minimum atomic E-state index is -0.115. The Bertz CT molecular complexity index is 852. The third kappa shape index (κ3) is 4.08. The molecule has 0 bridgehead atoms. The quantitative estimate of drug-likeness (QED) is 0.700. The Morgan fingerprint density at radius 3 is 2.17 bits per heavy atom. The van der Waals surface area contributed by atoms with Gasteiger partial charge in [-0.15, -0.1) is 0 Å². The Kier molecular flexibility index (Phi) is 5.46. The van der Waals surface area contributed by atoms with Gasteiger partial charge in [-0.05, 0) is 24.3 Å². The summed E-state index contributed by atoms with van der Waals surface area (Å²) in [5.74, 6) is 0.149. The SMILES string of the molecule is O=CN1CCN(C(=O)c2ccc(N3CCN(C(=O)c4ccco4)CC3)cn2)CC1. The molecule has 0 saturated carbocycles. The van der Waals surface area contributed by atoms with E-state index in [9.17, 15) is 14.4 Å². The summed E-state index contributed by atoms with van der Waals surface area (Å²) in [6.45, 7) is 4.72. The Morgan fingerprint density at radius 2 is 1.59 bits per heavy atom. The van der Waals surface area contributed by atoms with Crippen molar-refractivity contribution in [1.82, 2.24) is 19.7 Å². The van der Waals surface area contributed by atoms with Crippen LogP contribution in [0, 0.1) is 0 Å². The monoisotopic (exact) mass is 397 g/mol. The number of amides is 3. The Labute approximate surface area is 168 Å². The normalized spacial score (nSPS) is 17.4. The zero-order chi connectivity index (χ0) is 20.2. The van der Waals surface area contributed by atoms with Crippen molar-refractivity contribution in [3.63, 3.8) is 0 Å². The number of nitrogens with zero attached hydrogens (tertiary/aromatic N) is 5. The first-order valence-corrected chi connectivity index (χ1v) is 9.68. The van der Waals surface area contributed by atoms with E-state index in [1.165, 1.54) is 6.26 Å². The van der Waals surface area contributed by atoms with Crippen molar-refractivity contribution in [1.29, 1.82) is 0 Å². The van der Waals surface area contributed by atoms with Gasteiger partial charge in [0.1, 0.15) is 5.69 Å². The number of pyridine rings is 1. The summed E-state index contributed by atoms with van der Waals surface area (Å²) in [6.07, 6.45) is 4.02. The molecule has 152 valence electrons. The largest absolute Gasteiger partial charge is 0.459 e. The number of carbonyl (C=O) groups is 3. The fraction of sp³-hybridized carbons (Fsp3) is 0.400. The van der Waals surface area contributed by atoms with E-state index in [-0.39, 0.29) is 11.8 Å². The number of hydrogen-bond donors (Lipinski definition) is 0. The zero-order valence-electron chi connectivity index (χ0n) is 16.1. The lowest BCUT2D eigenvalue weighted by atomic mass is 10.2. The second kappa shape index (κ2) is 8.34. The predicted molar refractivity (Wildman–Crippen MR) is 105 cm³/mol. The zero-order valence-corrected chi connectivity index (χ0v) is 16.1. The van der Waals surface area contributed by atoms with Crippen LogP contribution in [0.1, 0.15) is 21.0 Å². The van der Waals surface area contributed by atoms with E-state index in [0.29, 0.717) is 63.8 Å². The van der Waals surface area contributed by atoms with Crippen LogP contribution < -0.4 is 4.90 Å². The lowest BCUT2D eigenvalue weighted by Crippen LogP contribution is -2.49. The lowest BCUT2D eigenvalue weighted by Gasteiger charge is -2.35. The van der Waals surface area contributed by atoms with Crippen LogP contribution in [0.25, 0.3) is 0 Å². The van der Waals surface area contributed by atoms with E-state index in [4.69, 9.17) is 4.42 Å². The van der Waals surface area contributed by atoms with Crippen molar-refractivity contribution in [3.8, 4) is 0 Å². The molecular formula is C20H23N5O4. The molecule has 2 saturated heterocycles. The van der Waals surface area contributed by atoms with Gasteiger partial charge in [-0.2, -0.15) is 0 Å². The van der Waals surface area contributed by atoms with E-state index >= 15 is 0 Å². The first-order valence-electron chi connectivity index (χ1n) is 9.68. The van der Waals surface area contributed by atoms with Gasteiger partial charge in [0.05, 0.1) is 18.1 Å². The van der Waals surface area contributed by atoms with Gasteiger partial charge >= 0.3 is 0 Å². The number of rotatable bonds is 4. The summed E-state index contributed by atoms with van der Waals surface area (Å²) >= 11 is 0. The van der Waals surface area contributed by atoms with E-state index in [1.807, 2.05) is 6.07 Å². The average molecular weight is 397 g/mol. The van der Waals surface area contributed by atoms with Crippen LogP contribution in [0.5, 0.6) is 0 Å². The summed E-state index contributed by atoms with van der Waals surface area (Å²) in [5.41, 5.74) is 1.33. The lowest BCUT2D eigenvalue weighted by molar-refractivity contribution is -0.119. The molecule has 9 nitrogen and oxygen atoms in total. The van der Waals surface area contributed by atoms with Gasteiger partial charge in [0.15, 0.2) is 5.76 Å². The van der Waals surface area contributed by atoms with Crippen molar-refractivity contribution < 1.29 is 18.8 Å². The molecule has 2 fully saturated rings. The summed E-state index contributed by atoms with van der Waals surface area (Å²) < 4.78 is 5.19. The summed E-state index contributed by atoms with van der Waals surface area (Å²) in [5, 5.41) is 0. The maximum atomic E-state index is 12.6. The third-order valence-corrected chi connectivity index (χ3v) is 5.38.